The van der Waals surface area contributed by atoms with Crippen LogP contribution in [-0.4, -0.2) is 33.4 Å². The molecule has 3 heterocycles. The minimum absolute atomic E-state index is 0.515. The third-order valence-corrected chi connectivity index (χ3v) is 3.07. The molecule has 0 aliphatic carbocycles. The smallest absolute Gasteiger partial charge is 0.275 e. The normalized spacial score (nSPS) is 20.6. The Bertz CT molecular complexity index is 458. The fraction of sp³-hybridized carbons (Fsp3) is 0.545. The molecule has 1 unspecified atom stereocenters. The van der Waals surface area contributed by atoms with Crippen molar-refractivity contribution in [2.45, 2.75) is 19.3 Å². The van der Waals surface area contributed by atoms with E-state index in [1.165, 1.54) is 12.8 Å². The molecule has 2 N–H and O–H groups in total. The molecule has 0 saturated carbocycles. The Hall–Kier alpha value is -1.69. The van der Waals surface area contributed by atoms with E-state index in [-0.39, 0.29) is 0 Å². The summed E-state index contributed by atoms with van der Waals surface area (Å²) < 4.78 is 5.20. The molecule has 2 aromatic heterocycles. The monoisotopic (exact) mass is 233 g/mol. The molecule has 3 rings (SSSR count). The van der Waals surface area contributed by atoms with Gasteiger partial charge in [-0.2, -0.15) is 10.1 Å². The summed E-state index contributed by atoms with van der Waals surface area (Å²) in [6.45, 7) is 2.18. The predicted molar refractivity (Wildman–Crippen MR) is 61.2 cm³/mol. The van der Waals surface area contributed by atoms with Crippen LogP contribution in [0.2, 0.25) is 0 Å². The van der Waals surface area contributed by atoms with Gasteiger partial charge < -0.3 is 9.84 Å². The fourth-order valence-corrected chi connectivity index (χ4v) is 2.18. The highest BCUT2D eigenvalue weighted by atomic mass is 16.5. The summed E-state index contributed by atoms with van der Waals surface area (Å²) in [6.07, 6.45) is 5.02. The standard InChI is InChI=1S/C11H15N5O/c1-2-8(7-12-4-1)6-10-14-11(17-16-10)9-3-5-13-15-9/h3,5,8,12H,1-2,4,6-7H2,(H,13,15). The maximum Gasteiger partial charge on any atom is 0.275 e. The van der Waals surface area contributed by atoms with Gasteiger partial charge in [0.2, 0.25) is 0 Å². The second-order valence-corrected chi connectivity index (χ2v) is 4.40. The van der Waals surface area contributed by atoms with Gasteiger partial charge in [-0.3, -0.25) is 5.10 Å². The van der Waals surface area contributed by atoms with E-state index in [0.29, 0.717) is 11.8 Å². The molecule has 0 amide bonds. The van der Waals surface area contributed by atoms with Gasteiger partial charge in [0.25, 0.3) is 5.89 Å². The Balaban J connectivity index is 1.68. The highest BCUT2D eigenvalue weighted by molar-refractivity contribution is 5.44. The van der Waals surface area contributed by atoms with Crippen LogP contribution in [0.3, 0.4) is 0 Å². The lowest BCUT2D eigenvalue weighted by molar-refractivity contribution is 0.359. The van der Waals surface area contributed by atoms with Crippen LogP contribution in [0.25, 0.3) is 11.6 Å². The maximum atomic E-state index is 5.20. The van der Waals surface area contributed by atoms with Crippen LogP contribution in [-0.2, 0) is 6.42 Å². The van der Waals surface area contributed by atoms with Crippen molar-refractivity contribution in [2.24, 2.45) is 5.92 Å². The van der Waals surface area contributed by atoms with Crippen LogP contribution >= 0.6 is 0 Å². The molecule has 6 nitrogen and oxygen atoms in total. The van der Waals surface area contributed by atoms with E-state index in [1.54, 1.807) is 6.20 Å². The molecule has 1 aliphatic rings. The average Bonchev–Trinajstić information content (AvgIpc) is 3.00. The molecule has 1 fully saturated rings. The minimum Gasteiger partial charge on any atom is -0.332 e. The van der Waals surface area contributed by atoms with Crippen LogP contribution < -0.4 is 5.32 Å². The molecule has 1 saturated heterocycles. The molecule has 0 radical (unpaired) electrons. The van der Waals surface area contributed by atoms with E-state index in [9.17, 15) is 0 Å². The second kappa shape index (κ2) is 4.67. The number of nitrogens with one attached hydrogen (secondary N) is 2. The van der Waals surface area contributed by atoms with Gasteiger partial charge >= 0.3 is 0 Å². The van der Waals surface area contributed by atoms with Crippen molar-refractivity contribution in [1.29, 1.82) is 0 Å². The van der Waals surface area contributed by atoms with Crippen LogP contribution in [0, 0.1) is 5.92 Å². The van der Waals surface area contributed by atoms with Crippen molar-refractivity contribution < 1.29 is 4.52 Å². The highest BCUT2D eigenvalue weighted by Crippen LogP contribution is 2.17. The molecule has 6 heteroatoms. The topological polar surface area (TPSA) is 79.6 Å². The molecular weight excluding hydrogens is 218 g/mol. The third kappa shape index (κ3) is 2.36. The van der Waals surface area contributed by atoms with Gasteiger partial charge in [-0.15, -0.1) is 0 Å². The van der Waals surface area contributed by atoms with E-state index >= 15 is 0 Å². The van der Waals surface area contributed by atoms with Crippen molar-refractivity contribution >= 4 is 0 Å². The van der Waals surface area contributed by atoms with E-state index in [0.717, 1.165) is 31.0 Å². The van der Waals surface area contributed by atoms with Crippen LogP contribution in [0.5, 0.6) is 0 Å². The number of piperidine rings is 1. The molecule has 2 aromatic rings. The second-order valence-electron chi connectivity index (χ2n) is 4.40. The van der Waals surface area contributed by atoms with Crippen molar-refractivity contribution in [3.05, 3.63) is 18.1 Å². The maximum absolute atomic E-state index is 5.20. The Labute approximate surface area is 98.8 Å². The van der Waals surface area contributed by atoms with Crippen molar-refractivity contribution in [2.75, 3.05) is 13.1 Å². The fourth-order valence-electron chi connectivity index (χ4n) is 2.18. The number of hydrogen-bond acceptors (Lipinski definition) is 5. The summed E-state index contributed by atoms with van der Waals surface area (Å²) in [4.78, 5) is 4.37. The lowest BCUT2D eigenvalue weighted by Crippen LogP contribution is -2.31. The van der Waals surface area contributed by atoms with Crippen LogP contribution in [0.4, 0.5) is 0 Å². The van der Waals surface area contributed by atoms with Gasteiger partial charge in [0, 0.05) is 12.6 Å². The van der Waals surface area contributed by atoms with Crippen molar-refractivity contribution in [3.63, 3.8) is 0 Å². The zero-order valence-electron chi connectivity index (χ0n) is 9.52. The van der Waals surface area contributed by atoms with Gasteiger partial charge in [0.1, 0.15) is 5.69 Å². The summed E-state index contributed by atoms with van der Waals surface area (Å²) in [7, 11) is 0. The van der Waals surface area contributed by atoms with Crippen LogP contribution in [0.1, 0.15) is 18.7 Å². The van der Waals surface area contributed by atoms with E-state index in [2.05, 4.69) is 25.7 Å². The summed E-state index contributed by atoms with van der Waals surface area (Å²) >= 11 is 0. The van der Waals surface area contributed by atoms with Gasteiger partial charge in [0.15, 0.2) is 5.82 Å². The largest absolute Gasteiger partial charge is 0.332 e. The van der Waals surface area contributed by atoms with Crippen molar-refractivity contribution in [3.8, 4) is 11.6 Å². The molecule has 90 valence electrons. The zero-order valence-corrected chi connectivity index (χ0v) is 9.52. The summed E-state index contributed by atoms with van der Waals surface area (Å²) in [6, 6.07) is 1.82. The van der Waals surface area contributed by atoms with E-state index < -0.39 is 0 Å². The number of nitrogens with zero attached hydrogens (tertiary/aromatic N) is 3. The van der Waals surface area contributed by atoms with Crippen LogP contribution in [0.15, 0.2) is 16.8 Å². The number of aromatic amines is 1. The first kappa shape index (κ1) is 10.5. The minimum atomic E-state index is 0.515. The Kier molecular flexibility index (Phi) is 2.87. The molecular formula is C11H15N5O. The zero-order chi connectivity index (χ0) is 11.5. The van der Waals surface area contributed by atoms with Gasteiger partial charge in [-0.1, -0.05) is 5.16 Å². The SMILES string of the molecule is c1cc(-c2nc(CC3CCCNC3)no2)[nH]n1. The van der Waals surface area contributed by atoms with Gasteiger partial charge in [-0.05, 0) is 37.9 Å². The Morgan fingerprint density at radius 1 is 1.47 bits per heavy atom. The van der Waals surface area contributed by atoms with Gasteiger partial charge in [0.05, 0.1) is 0 Å². The first-order chi connectivity index (χ1) is 8.42. The summed E-state index contributed by atoms with van der Waals surface area (Å²) in [5.41, 5.74) is 0.769. The lowest BCUT2D eigenvalue weighted by atomic mass is 9.96. The number of hydrogen-bond donors (Lipinski definition) is 2. The van der Waals surface area contributed by atoms with Gasteiger partial charge in [-0.25, -0.2) is 0 Å². The highest BCUT2D eigenvalue weighted by Gasteiger charge is 2.17. The summed E-state index contributed by atoms with van der Waals surface area (Å²) in [5, 5.41) is 14.1. The lowest BCUT2D eigenvalue weighted by Gasteiger charge is -2.20. The average molecular weight is 233 g/mol. The van der Waals surface area contributed by atoms with Crippen molar-refractivity contribution in [1.82, 2.24) is 25.7 Å². The first-order valence-corrected chi connectivity index (χ1v) is 5.95. The predicted octanol–water partition coefficient (Wildman–Crippen LogP) is 1.00. The van der Waals surface area contributed by atoms with E-state index in [1.807, 2.05) is 6.07 Å². The third-order valence-electron chi connectivity index (χ3n) is 3.07. The first-order valence-electron chi connectivity index (χ1n) is 5.95. The van der Waals surface area contributed by atoms with E-state index in [4.69, 9.17) is 4.52 Å². The summed E-state index contributed by atoms with van der Waals surface area (Å²) in [5.74, 6) is 1.92. The number of aromatic nitrogens is 4. The Morgan fingerprint density at radius 2 is 2.47 bits per heavy atom. The molecule has 17 heavy (non-hydrogen) atoms. The quantitative estimate of drug-likeness (QED) is 0.826. The molecule has 0 bridgehead atoms. The number of rotatable bonds is 3. The number of H-pyrrole nitrogens is 1. The molecule has 0 spiro atoms. The molecule has 0 aromatic carbocycles. The molecule has 1 atom stereocenters. The Morgan fingerprint density at radius 3 is 3.24 bits per heavy atom. The molecule has 1 aliphatic heterocycles.